The van der Waals surface area contributed by atoms with Gasteiger partial charge < -0.3 is 15.0 Å². The maximum absolute atomic E-state index is 5.51. The summed E-state index contributed by atoms with van der Waals surface area (Å²) in [5.74, 6) is 0.804. The molecule has 14 heavy (non-hydrogen) atoms. The Morgan fingerprint density at radius 2 is 2.50 bits per heavy atom. The Morgan fingerprint density at radius 1 is 1.57 bits per heavy atom. The lowest BCUT2D eigenvalue weighted by atomic mass is 10.4. The minimum atomic E-state index is 0.507. The SMILES string of the molecule is CN1C=C(OCc2ccccn2)NC1. The predicted octanol–water partition coefficient (Wildman–Crippen LogP) is 0.890. The van der Waals surface area contributed by atoms with Gasteiger partial charge in [-0.05, 0) is 12.1 Å². The molecule has 0 radical (unpaired) electrons. The van der Waals surface area contributed by atoms with E-state index in [0.717, 1.165) is 18.2 Å². The van der Waals surface area contributed by atoms with Gasteiger partial charge in [-0.1, -0.05) is 6.07 Å². The number of nitrogens with one attached hydrogen (secondary N) is 1. The molecular weight excluding hydrogens is 178 g/mol. The van der Waals surface area contributed by atoms with E-state index < -0.39 is 0 Å². The second-order valence-electron chi connectivity index (χ2n) is 3.19. The molecule has 4 heteroatoms. The van der Waals surface area contributed by atoms with E-state index in [4.69, 9.17) is 4.74 Å². The predicted molar refractivity (Wildman–Crippen MR) is 52.9 cm³/mol. The molecule has 0 saturated carbocycles. The lowest BCUT2D eigenvalue weighted by Crippen LogP contribution is -2.17. The minimum Gasteiger partial charge on any atom is -0.472 e. The number of ether oxygens (including phenoxy) is 1. The quantitative estimate of drug-likeness (QED) is 0.770. The van der Waals surface area contributed by atoms with E-state index in [-0.39, 0.29) is 0 Å². The van der Waals surface area contributed by atoms with Crippen LogP contribution in [0.4, 0.5) is 0 Å². The van der Waals surface area contributed by atoms with E-state index in [2.05, 4.69) is 10.3 Å². The third kappa shape index (κ3) is 2.16. The molecule has 0 spiro atoms. The van der Waals surface area contributed by atoms with Gasteiger partial charge in [0.2, 0.25) is 5.88 Å². The summed E-state index contributed by atoms with van der Waals surface area (Å²) in [6, 6.07) is 5.79. The molecule has 0 aromatic carbocycles. The number of hydrogen-bond acceptors (Lipinski definition) is 4. The molecule has 0 bridgehead atoms. The number of aromatic nitrogens is 1. The van der Waals surface area contributed by atoms with Crippen molar-refractivity contribution >= 4 is 0 Å². The van der Waals surface area contributed by atoms with E-state index in [1.165, 1.54) is 0 Å². The minimum absolute atomic E-state index is 0.507. The number of pyridine rings is 1. The number of rotatable bonds is 3. The van der Waals surface area contributed by atoms with Crippen LogP contribution in [0.5, 0.6) is 0 Å². The molecule has 0 saturated heterocycles. The molecule has 1 aliphatic rings. The van der Waals surface area contributed by atoms with Crippen LogP contribution in [0.15, 0.2) is 36.5 Å². The normalized spacial score (nSPS) is 14.9. The number of nitrogens with zero attached hydrogens (tertiary/aromatic N) is 2. The van der Waals surface area contributed by atoms with Crippen molar-refractivity contribution in [3.8, 4) is 0 Å². The molecule has 0 unspecified atom stereocenters. The van der Waals surface area contributed by atoms with E-state index >= 15 is 0 Å². The van der Waals surface area contributed by atoms with Crippen molar-refractivity contribution in [3.05, 3.63) is 42.2 Å². The van der Waals surface area contributed by atoms with Gasteiger partial charge in [-0.2, -0.15) is 0 Å². The second-order valence-corrected chi connectivity index (χ2v) is 3.19. The second kappa shape index (κ2) is 4.00. The summed E-state index contributed by atoms with van der Waals surface area (Å²) in [7, 11) is 1.99. The third-order valence-electron chi connectivity index (χ3n) is 1.94. The molecule has 2 heterocycles. The van der Waals surface area contributed by atoms with Crippen LogP contribution in [0, 0.1) is 0 Å². The molecule has 0 aliphatic carbocycles. The first-order chi connectivity index (χ1) is 6.84. The topological polar surface area (TPSA) is 37.4 Å². The van der Waals surface area contributed by atoms with E-state index in [1.54, 1.807) is 6.20 Å². The number of hydrogen-bond donors (Lipinski definition) is 1. The third-order valence-corrected chi connectivity index (χ3v) is 1.94. The first kappa shape index (κ1) is 8.87. The molecule has 1 aliphatic heterocycles. The Kier molecular flexibility index (Phi) is 2.53. The molecule has 1 aromatic rings. The van der Waals surface area contributed by atoms with Crippen LogP contribution in [0.1, 0.15) is 5.69 Å². The highest BCUT2D eigenvalue weighted by Crippen LogP contribution is 2.05. The van der Waals surface area contributed by atoms with Crippen molar-refractivity contribution in [1.82, 2.24) is 15.2 Å². The van der Waals surface area contributed by atoms with Gasteiger partial charge in [0, 0.05) is 13.2 Å². The summed E-state index contributed by atoms with van der Waals surface area (Å²) in [5, 5.41) is 3.11. The molecule has 0 amide bonds. The maximum atomic E-state index is 5.51. The van der Waals surface area contributed by atoms with Crippen LogP contribution in [0.3, 0.4) is 0 Å². The van der Waals surface area contributed by atoms with Crippen molar-refractivity contribution in [1.29, 1.82) is 0 Å². The Hall–Kier alpha value is -1.71. The van der Waals surface area contributed by atoms with Gasteiger partial charge in [-0.15, -0.1) is 0 Å². The van der Waals surface area contributed by atoms with Crippen LogP contribution >= 0.6 is 0 Å². The average Bonchev–Trinajstić information content (AvgIpc) is 2.63. The first-order valence-electron chi connectivity index (χ1n) is 4.53. The Labute approximate surface area is 83.2 Å². The maximum Gasteiger partial charge on any atom is 0.205 e. The summed E-state index contributed by atoms with van der Waals surface area (Å²) in [5.41, 5.74) is 0.935. The van der Waals surface area contributed by atoms with Crippen molar-refractivity contribution in [3.63, 3.8) is 0 Å². The highest BCUT2D eigenvalue weighted by molar-refractivity contribution is 5.03. The molecule has 2 rings (SSSR count). The van der Waals surface area contributed by atoms with Crippen LogP contribution in [-0.4, -0.2) is 23.6 Å². The van der Waals surface area contributed by atoms with Crippen LogP contribution in [0.25, 0.3) is 0 Å². The average molecular weight is 191 g/mol. The largest absolute Gasteiger partial charge is 0.472 e. The summed E-state index contributed by atoms with van der Waals surface area (Å²) in [4.78, 5) is 6.19. The van der Waals surface area contributed by atoms with Crippen molar-refractivity contribution in [2.75, 3.05) is 13.7 Å². The Balaban J connectivity index is 1.86. The molecule has 1 aromatic heterocycles. The monoisotopic (exact) mass is 191 g/mol. The van der Waals surface area contributed by atoms with Gasteiger partial charge in [0.05, 0.1) is 18.6 Å². The molecule has 74 valence electrons. The lowest BCUT2D eigenvalue weighted by Gasteiger charge is -2.05. The van der Waals surface area contributed by atoms with E-state index in [1.807, 2.05) is 36.3 Å². The smallest absolute Gasteiger partial charge is 0.205 e. The summed E-state index contributed by atoms with van der Waals surface area (Å²) >= 11 is 0. The first-order valence-corrected chi connectivity index (χ1v) is 4.53. The Bertz CT molecular complexity index is 323. The van der Waals surface area contributed by atoms with E-state index in [0.29, 0.717) is 6.61 Å². The molecular formula is C10H13N3O. The molecule has 0 fully saturated rings. The van der Waals surface area contributed by atoms with Gasteiger partial charge in [0.1, 0.15) is 6.61 Å². The van der Waals surface area contributed by atoms with Crippen molar-refractivity contribution in [2.45, 2.75) is 6.61 Å². The van der Waals surface area contributed by atoms with Crippen LogP contribution < -0.4 is 5.32 Å². The van der Waals surface area contributed by atoms with Crippen LogP contribution in [0.2, 0.25) is 0 Å². The summed E-state index contributed by atoms with van der Waals surface area (Å²) in [6.45, 7) is 1.31. The molecule has 1 N–H and O–H groups in total. The van der Waals surface area contributed by atoms with Gasteiger partial charge in [-0.25, -0.2) is 0 Å². The van der Waals surface area contributed by atoms with Crippen molar-refractivity contribution in [2.24, 2.45) is 0 Å². The highest BCUT2D eigenvalue weighted by Gasteiger charge is 2.07. The molecule has 0 atom stereocenters. The lowest BCUT2D eigenvalue weighted by molar-refractivity contribution is 0.180. The van der Waals surface area contributed by atoms with Gasteiger partial charge in [-0.3, -0.25) is 4.98 Å². The zero-order valence-electron chi connectivity index (χ0n) is 8.10. The fourth-order valence-electron chi connectivity index (χ4n) is 1.22. The zero-order valence-corrected chi connectivity index (χ0v) is 8.10. The standard InChI is InChI=1S/C10H13N3O/c1-13-6-10(12-8-13)14-7-9-4-2-3-5-11-9/h2-6,12H,7-8H2,1H3. The Morgan fingerprint density at radius 3 is 3.14 bits per heavy atom. The van der Waals surface area contributed by atoms with Gasteiger partial charge in [0.25, 0.3) is 0 Å². The zero-order chi connectivity index (χ0) is 9.80. The van der Waals surface area contributed by atoms with E-state index in [9.17, 15) is 0 Å². The highest BCUT2D eigenvalue weighted by atomic mass is 16.5. The summed E-state index contributed by atoms with van der Waals surface area (Å²) in [6.07, 6.45) is 3.70. The molecule has 4 nitrogen and oxygen atoms in total. The van der Waals surface area contributed by atoms with Crippen molar-refractivity contribution < 1.29 is 4.74 Å². The van der Waals surface area contributed by atoms with Crippen LogP contribution in [-0.2, 0) is 11.3 Å². The van der Waals surface area contributed by atoms with Gasteiger partial charge in [0.15, 0.2) is 0 Å². The fraction of sp³-hybridized carbons (Fsp3) is 0.300. The van der Waals surface area contributed by atoms with Gasteiger partial charge >= 0.3 is 0 Å². The summed E-state index contributed by atoms with van der Waals surface area (Å²) < 4.78 is 5.51. The fourth-order valence-corrected chi connectivity index (χ4v) is 1.22.